The average Bonchev–Trinajstić information content (AvgIpc) is 2.77. The van der Waals surface area contributed by atoms with E-state index in [2.05, 4.69) is 10.2 Å². The Morgan fingerprint density at radius 1 is 1.23 bits per heavy atom. The van der Waals surface area contributed by atoms with Gasteiger partial charge < -0.3 is 10.1 Å². The van der Waals surface area contributed by atoms with Gasteiger partial charge in [-0.05, 0) is 35.3 Å². The van der Waals surface area contributed by atoms with Gasteiger partial charge in [0.1, 0.15) is 5.69 Å². The van der Waals surface area contributed by atoms with Crippen LogP contribution in [0.5, 0.6) is 0 Å². The lowest BCUT2D eigenvalue weighted by Gasteiger charge is -2.29. The molecule has 0 radical (unpaired) electrons. The van der Waals surface area contributed by atoms with Crippen LogP contribution in [0.3, 0.4) is 0 Å². The predicted molar refractivity (Wildman–Crippen MR) is 119 cm³/mol. The van der Waals surface area contributed by atoms with Gasteiger partial charge in [0.05, 0.1) is 24.2 Å². The summed E-state index contributed by atoms with van der Waals surface area (Å²) < 4.78 is 16.7. The summed E-state index contributed by atoms with van der Waals surface area (Å²) in [5.74, 6) is 0.738. The molecule has 0 aliphatic carbocycles. The molecular weight excluding hydrogens is 425 g/mol. The summed E-state index contributed by atoms with van der Waals surface area (Å²) in [7, 11) is -2.63. The molecule has 1 aliphatic rings. The zero-order valence-corrected chi connectivity index (χ0v) is 18.2. The topological polar surface area (TPSA) is 105 Å². The van der Waals surface area contributed by atoms with E-state index >= 15 is 0 Å². The molecule has 0 aromatic heterocycles. The van der Waals surface area contributed by atoms with Gasteiger partial charge in [-0.25, -0.2) is 0 Å². The maximum absolute atomic E-state index is 11.5. The second kappa shape index (κ2) is 11.4. The van der Waals surface area contributed by atoms with E-state index in [1.807, 2.05) is 30.3 Å². The van der Waals surface area contributed by atoms with Crippen molar-refractivity contribution in [3.63, 3.8) is 0 Å². The van der Waals surface area contributed by atoms with Gasteiger partial charge >= 0.3 is 8.03 Å². The lowest BCUT2D eigenvalue weighted by atomic mass is 10.2. The number of nitro benzene ring substituents is 1. The second-order valence-corrected chi connectivity index (χ2v) is 9.10. The summed E-state index contributed by atoms with van der Waals surface area (Å²) >= 11 is 1.69. The van der Waals surface area contributed by atoms with E-state index in [-0.39, 0.29) is 17.0 Å². The average molecular weight is 450 g/mol. The Bertz CT molecular complexity index is 865. The van der Waals surface area contributed by atoms with Crippen LogP contribution in [0.25, 0.3) is 0 Å². The number of rotatable bonds is 10. The molecule has 30 heavy (non-hydrogen) atoms. The van der Waals surface area contributed by atoms with Crippen LogP contribution in [0.4, 0.5) is 11.4 Å². The third-order valence-electron chi connectivity index (χ3n) is 4.85. The van der Waals surface area contributed by atoms with E-state index in [9.17, 15) is 19.6 Å². The van der Waals surface area contributed by atoms with Crippen LogP contribution >= 0.6 is 19.8 Å². The number of anilines is 1. The molecule has 1 heterocycles. The third-order valence-corrected chi connectivity index (χ3v) is 6.74. The van der Waals surface area contributed by atoms with Crippen molar-refractivity contribution in [3.8, 4) is 0 Å². The molecule has 1 aliphatic heterocycles. The van der Waals surface area contributed by atoms with Gasteiger partial charge in [-0.2, -0.15) is 4.89 Å². The van der Waals surface area contributed by atoms with E-state index < -0.39 is 13.0 Å². The van der Waals surface area contributed by atoms with Crippen LogP contribution < -0.4 is 10.6 Å². The van der Waals surface area contributed by atoms with E-state index in [0.717, 1.165) is 49.9 Å². The number of nitrogens with one attached hydrogen (secondary N) is 1. The number of thioether (sulfide) groups is 1. The van der Waals surface area contributed by atoms with Gasteiger partial charge in [-0.1, -0.05) is 18.2 Å². The number of benzene rings is 2. The zero-order valence-electron chi connectivity index (χ0n) is 16.5. The molecule has 0 saturated carbocycles. The molecule has 0 spiro atoms. The molecular formula is C20H25N3O5PS+. The molecule has 0 amide bonds. The molecule has 2 atom stereocenters. The van der Waals surface area contributed by atoms with Crippen LogP contribution in [-0.4, -0.2) is 59.4 Å². The first-order chi connectivity index (χ1) is 14.5. The fourth-order valence-electron chi connectivity index (χ4n) is 3.21. The Kier molecular flexibility index (Phi) is 8.60. The number of ether oxygens (including phenoxy) is 1. The summed E-state index contributed by atoms with van der Waals surface area (Å²) in [4.78, 5) is 23.8. The minimum absolute atomic E-state index is 0.00881. The summed E-state index contributed by atoms with van der Waals surface area (Å²) in [5, 5.41) is 14.9. The fraction of sp³-hybridized carbons (Fsp3) is 0.400. The van der Waals surface area contributed by atoms with E-state index in [1.54, 1.807) is 11.8 Å². The summed E-state index contributed by atoms with van der Waals surface area (Å²) in [5.41, 5.74) is 0.173. The van der Waals surface area contributed by atoms with Gasteiger partial charge in [-0.3, -0.25) is 15.0 Å². The SMILES string of the molecule is O=[N+]([O-])c1cc([P+](=O)O)ccc1N[C@H](CCN1CCOCC1)CSc1ccccc1. The monoisotopic (exact) mass is 450 g/mol. The molecule has 10 heteroatoms. The van der Waals surface area contributed by atoms with Crippen molar-refractivity contribution in [1.29, 1.82) is 0 Å². The Morgan fingerprint density at radius 2 is 1.97 bits per heavy atom. The molecule has 0 bridgehead atoms. The highest BCUT2D eigenvalue weighted by Gasteiger charge is 2.25. The second-order valence-electron chi connectivity index (χ2n) is 6.94. The Labute approximate surface area is 180 Å². The lowest BCUT2D eigenvalue weighted by molar-refractivity contribution is -0.383. The largest absolute Gasteiger partial charge is 0.546 e. The fourth-order valence-corrected chi connectivity index (χ4v) is 4.63. The lowest BCUT2D eigenvalue weighted by Crippen LogP contribution is -2.39. The molecule has 1 saturated heterocycles. The standard InChI is InChI=1S/C20H24N3O5PS/c24-23(25)20-14-17(29(26)27)6-7-19(20)21-16(8-9-22-10-12-28-13-11-22)15-30-18-4-2-1-3-5-18/h1-7,14,16,21H,8-13,15H2/p+1/t16-/m1/s1. The van der Waals surface area contributed by atoms with Crippen LogP contribution in [0, 0.1) is 10.1 Å². The van der Waals surface area contributed by atoms with E-state index in [1.165, 1.54) is 18.2 Å². The molecule has 2 N–H and O–H groups in total. The normalized spacial score (nSPS) is 16.1. The Balaban J connectivity index is 1.73. The summed E-state index contributed by atoms with van der Waals surface area (Å²) in [6.07, 6.45) is 0.813. The predicted octanol–water partition coefficient (Wildman–Crippen LogP) is 3.25. The maximum atomic E-state index is 11.5. The summed E-state index contributed by atoms with van der Waals surface area (Å²) in [6, 6.07) is 14.2. The molecule has 8 nitrogen and oxygen atoms in total. The molecule has 2 aromatic carbocycles. The number of morpholine rings is 1. The minimum atomic E-state index is -2.63. The molecule has 1 fully saturated rings. The quantitative estimate of drug-likeness (QED) is 0.246. The van der Waals surface area contributed by atoms with Crippen molar-refractivity contribution in [2.24, 2.45) is 0 Å². The molecule has 160 valence electrons. The summed E-state index contributed by atoms with van der Waals surface area (Å²) in [6.45, 7) is 4.09. The molecule has 2 aromatic rings. The highest BCUT2D eigenvalue weighted by atomic mass is 32.2. The number of hydrogen-bond donors (Lipinski definition) is 2. The third kappa shape index (κ3) is 6.75. The van der Waals surface area contributed by atoms with Crippen molar-refractivity contribution < 1.29 is 19.1 Å². The first-order valence-corrected chi connectivity index (χ1v) is 11.9. The first kappa shape index (κ1) is 22.7. The van der Waals surface area contributed by atoms with E-state index in [0.29, 0.717) is 5.69 Å². The van der Waals surface area contributed by atoms with Gasteiger partial charge in [0.25, 0.3) is 5.69 Å². The highest BCUT2D eigenvalue weighted by molar-refractivity contribution is 7.99. The van der Waals surface area contributed by atoms with Crippen LogP contribution in [0.2, 0.25) is 0 Å². The molecule has 1 unspecified atom stereocenters. The first-order valence-electron chi connectivity index (χ1n) is 9.72. The number of nitro groups is 1. The highest BCUT2D eigenvalue weighted by Crippen LogP contribution is 2.29. The van der Waals surface area contributed by atoms with Gasteiger partial charge in [0, 0.05) is 36.3 Å². The van der Waals surface area contributed by atoms with Crippen molar-refractivity contribution in [1.82, 2.24) is 4.90 Å². The Morgan fingerprint density at radius 3 is 2.63 bits per heavy atom. The van der Waals surface area contributed by atoms with Gasteiger partial charge in [-0.15, -0.1) is 11.8 Å². The van der Waals surface area contributed by atoms with Crippen LogP contribution in [0.15, 0.2) is 53.4 Å². The van der Waals surface area contributed by atoms with Crippen molar-refractivity contribution in [3.05, 3.63) is 58.6 Å². The van der Waals surface area contributed by atoms with Crippen LogP contribution in [-0.2, 0) is 9.30 Å². The van der Waals surface area contributed by atoms with E-state index in [4.69, 9.17) is 4.74 Å². The number of nitrogens with zero attached hydrogens (tertiary/aromatic N) is 2. The smallest absolute Gasteiger partial charge is 0.379 e. The van der Waals surface area contributed by atoms with Crippen molar-refractivity contribution >= 4 is 36.5 Å². The van der Waals surface area contributed by atoms with Gasteiger partial charge in [0.15, 0.2) is 0 Å². The maximum Gasteiger partial charge on any atom is 0.546 e. The van der Waals surface area contributed by atoms with Crippen LogP contribution in [0.1, 0.15) is 6.42 Å². The van der Waals surface area contributed by atoms with Crippen molar-refractivity contribution in [2.45, 2.75) is 17.4 Å². The number of hydrogen-bond acceptors (Lipinski definition) is 7. The van der Waals surface area contributed by atoms with Gasteiger partial charge in [0.2, 0.25) is 5.30 Å². The molecule has 3 rings (SSSR count). The minimum Gasteiger partial charge on any atom is -0.379 e. The van der Waals surface area contributed by atoms with Crippen molar-refractivity contribution in [2.75, 3.05) is 43.9 Å². The zero-order chi connectivity index (χ0) is 21.3. The Hall–Kier alpha value is -2.03.